The highest BCUT2D eigenvalue weighted by molar-refractivity contribution is 7.90. The molecule has 0 atom stereocenters. The number of rotatable bonds is 4. The summed E-state index contributed by atoms with van der Waals surface area (Å²) in [5.41, 5.74) is -0.853. The highest BCUT2D eigenvalue weighted by Gasteiger charge is 2.27. The Balaban J connectivity index is 2.24. The third-order valence-electron chi connectivity index (χ3n) is 3.73. The van der Waals surface area contributed by atoms with E-state index in [9.17, 15) is 30.4 Å². The number of benzene rings is 2. The predicted octanol–water partition coefficient (Wildman–Crippen LogP) is 4.77. The summed E-state index contributed by atoms with van der Waals surface area (Å²) in [4.78, 5) is -0.615. The Morgan fingerprint density at radius 3 is 2.11 bits per heavy atom. The maximum Gasteiger partial charge on any atom is 0.298 e. The number of hydrogen-bond donors (Lipinski definition) is 0. The smallest absolute Gasteiger partial charge is 0.298 e. The van der Waals surface area contributed by atoms with Gasteiger partial charge in [-0.1, -0.05) is 11.2 Å². The van der Waals surface area contributed by atoms with Crippen LogP contribution in [0.1, 0.15) is 12.2 Å². The van der Waals surface area contributed by atoms with Gasteiger partial charge in [-0.05, 0) is 35.9 Å². The lowest BCUT2D eigenvalue weighted by Crippen LogP contribution is -2.01. The summed E-state index contributed by atoms with van der Waals surface area (Å²) in [5.74, 6) is -4.46. The highest BCUT2D eigenvalue weighted by Crippen LogP contribution is 2.40. The normalized spacial score (nSPS) is 12.0. The monoisotopic (exact) mass is 403 g/mol. The summed E-state index contributed by atoms with van der Waals surface area (Å²) >= 11 is 0. The fourth-order valence-corrected chi connectivity index (χ4v) is 3.26. The molecule has 0 aliphatic heterocycles. The molecule has 2 aromatic carbocycles. The molecule has 0 amide bonds. The summed E-state index contributed by atoms with van der Waals surface area (Å²) in [6, 6.07) is 5.35. The standard InChI is InChI=1S/C17H10F5NO3S/c1-27(24,25)13-5-3-8(6-12(13)20)14-15(23-26-16(14)17(21)22)9-2-4-10(18)11(19)7-9/h2-7,17H,1H3. The molecule has 0 bridgehead atoms. The lowest BCUT2D eigenvalue weighted by molar-refractivity contribution is 0.113. The number of nitrogens with zero attached hydrogens (tertiary/aromatic N) is 1. The van der Waals surface area contributed by atoms with Crippen molar-refractivity contribution in [2.24, 2.45) is 0 Å². The fourth-order valence-electron chi connectivity index (χ4n) is 2.53. The molecule has 1 heterocycles. The van der Waals surface area contributed by atoms with Gasteiger partial charge in [-0.15, -0.1) is 0 Å². The third kappa shape index (κ3) is 3.57. The van der Waals surface area contributed by atoms with Crippen molar-refractivity contribution in [1.82, 2.24) is 5.16 Å². The summed E-state index contributed by atoms with van der Waals surface area (Å²) in [6.07, 6.45) is -2.34. The molecule has 142 valence electrons. The first-order valence-electron chi connectivity index (χ1n) is 7.32. The van der Waals surface area contributed by atoms with Crippen LogP contribution < -0.4 is 0 Å². The van der Waals surface area contributed by atoms with E-state index in [1.54, 1.807) is 0 Å². The molecule has 10 heteroatoms. The van der Waals surface area contributed by atoms with Crippen molar-refractivity contribution in [3.05, 3.63) is 59.6 Å². The Hall–Kier alpha value is -2.75. The van der Waals surface area contributed by atoms with Crippen LogP contribution in [-0.2, 0) is 9.84 Å². The second kappa shape index (κ2) is 6.76. The maximum atomic E-state index is 14.2. The molecule has 0 aliphatic carbocycles. The van der Waals surface area contributed by atoms with Crippen LogP contribution in [0.25, 0.3) is 22.4 Å². The average molecular weight is 403 g/mol. The molecular formula is C17H10F5NO3S. The molecule has 0 saturated heterocycles. The molecule has 3 rings (SSSR count). The van der Waals surface area contributed by atoms with Gasteiger partial charge in [-0.3, -0.25) is 0 Å². The maximum absolute atomic E-state index is 14.2. The van der Waals surface area contributed by atoms with Gasteiger partial charge in [0.2, 0.25) is 5.76 Å². The lowest BCUT2D eigenvalue weighted by Gasteiger charge is -2.07. The van der Waals surface area contributed by atoms with Gasteiger partial charge in [0.25, 0.3) is 6.43 Å². The second-order valence-corrected chi connectivity index (χ2v) is 7.60. The Kier molecular flexibility index (Phi) is 4.77. The molecule has 4 nitrogen and oxygen atoms in total. The molecule has 0 N–H and O–H groups in total. The number of aromatic nitrogens is 1. The number of halogens is 5. The molecule has 1 aromatic heterocycles. The molecule has 0 saturated carbocycles. The van der Waals surface area contributed by atoms with Crippen LogP contribution >= 0.6 is 0 Å². The van der Waals surface area contributed by atoms with Crippen molar-refractivity contribution in [2.45, 2.75) is 11.3 Å². The van der Waals surface area contributed by atoms with Crippen LogP contribution in [0, 0.1) is 17.5 Å². The minimum Gasteiger partial charge on any atom is -0.354 e. The van der Waals surface area contributed by atoms with Gasteiger partial charge in [0, 0.05) is 11.8 Å². The zero-order chi connectivity index (χ0) is 19.9. The van der Waals surface area contributed by atoms with Gasteiger partial charge in [-0.25, -0.2) is 30.4 Å². The van der Waals surface area contributed by atoms with Crippen LogP contribution in [0.15, 0.2) is 45.8 Å². The fraction of sp³-hybridized carbons (Fsp3) is 0.118. The molecule has 27 heavy (non-hydrogen) atoms. The molecule has 0 unspecified atom stereocenters. The summed E-state index contributed by atoms with van der Waals surface area (Å²) < 4.78 is 95.1. The first kappa shape index (κ1) is 19.0. The van der Waals surface area contributed by atoms with Crippen LogP contribution in [0.5, 0.6) is 0 Å². The first-order valence-corrected chi connectivity index (χ1v) is 9.22. The number of hydrogen-bond acceptors (Lipinski definition) is 4. The van der Waals surface area contributed by atoms with E-state index >= 15 is 0 Å². The van der Waals surface area contributed by atoms with E-state index in [1.807, 2.05) is 0 Å². The van der Waals surface area contributed by atoms with Crippen LogP contribution in [-0.4, -0.2) is 19.8 Å². The van der Waals surface area contributed by atoms with Gasteiger partial charge >= 0.3 is 0 Å². The minimum absolute atomic E-state index is 0.0767. The lowest BCUT2D eigenvalue weighted by atomic mass is 9.99. The van der Waals surface area contributed by atoms with Crippen LogP contribution in [0.4, 0.5) is 22.0 Å². The van der Waals surface area contributed by atoms with Crippen molar-refractivity contribution < 1.29 is 34.9 Å². The SMILES string of the molecule is CS(=O)(=O)c1ccc(-c2c(-c3ccc(F)c(F)c3)noc2C(F)F)cc1F. The van der Waals surface area contributed by atoms with Crippen LogP contribution in [0.2, 0.25) is 0 Å². The first-order chi connectivity index (χ1) is 12.6. The van der Waals surface area contributed by atoms with Gasteiger partial charge in [0.1, 0.15) is 16.4 Å². The van der Waals surface area contributed by atoms with E-state index in [0.717, 1.165) is 42.7 Å². The Labute approximate surface area is 150 Å². The predicted molar refractivity (Wildman–Crippen MR) is 85.3 cm³/mol. The van der Waals surface area contributed by atoms with Gasteiger partial charge in [-0.2, -0.15) is 0 Å². The van der Waals surface area contributed by atoms with Crippen molar-refractivity contribution >= 4 is 9.84 Å². The molecule has 0 aliphatic rings. The molecule has 0 radical (unpaired) electrons. The highest BCUT2D eigenvalue weighted by atomic mass is 32.2. The van der Waals surface area contributed by atoms with E-state index < -0.39 is 44.4 Å². The van der Waals surface area contributed by atoms with Gasteiger partial charge < -0.3 is 4.52 Å². The average Bonchev–Trinajstić information content (AvgIpc) is 3.01. The largest absolute Gasteiger partial charge is 0.354 e. The summed E-state index contributed by atoms with van der Waals surface area (Å²) in [6.45, 7) is 0. The topological polar surface area (TPSA) is 60.2 Å². The van der Waals surface area contributed by atoms with Crippen LogP contribution in [0.3, 0.4) is 0 Å². The summed E-state index contributed by atoms with van der Waals surface area (Å²) in [5, 5.41) is 3.47. The van der Waals surface area contributed by atoms with E-state index in [0.29, 0.717) is 0 Å². The molecular weight excluding hydrogens is 393 g/mol. The van der Waals surface area contributed by atoms with Gasteiger partial charge in [0.15, 0.2) is 21.5 Å². The second-order valence-electron chi connectivity index (χ2n) is 5.62. The van der Waals surface area contributed by atoms with Crippen molar-refractivity contribution in [2.75, 3.05) is 6.26 Å². The van der Waals surface area contributed by atoms with E-state index in [4.69, 9.17) is 0 Å². The Morgan fingerprint density at radius 1 is 0.926 bits per heavy atom. The molecule has 0 spiro atoms. The zero-order valence-corrected chi connectivity index (χ0v) is 14.3. The van der Waals surface area contributed by atoms with E-state index in [1.165, 1.54) is 0 Å². The van der Waals surface area contributed by atoms with E-state index in [2.05, 4.69) is 9.68 Å². The van der Waals surface area contributed by atoms with Gasteiger partial charge in [0.05, 0.1) is 5.56 Å². The summed E-state index contributed by atoms with van der Waals surface area (Å²) in [7, 11) is -3.87. The molecule has 3 aromatic rings. The molecule has 0 fully saturated rings. The van der Waals surface area contributed by atoms with E-state index in [-0.39, 0.29) is 22.4 Å². The number of sulfone groups is 1. The third-order valence-corrected chi connectivity index (χ3v) is 4.86. The van der Waals surface area contributed by atoms with Crippen molar-refractivity contribution in [1.29, 1.82) is 0 Å². The Bertz CT molecular complexity index is 1130. The Morgan fingerprint density at radius 2 is 1.56 bits per heavy atom. The zero-order valence-electron chi connectivity index (χ0n) is 13.5. The quantitative estimate of drug-likeness (QED) is 0.589. The van der Waals surface area contributed by atoms with Crippen molar-refractivity contribution in [3.63, 3.8) is 0 Å². The minimum atomic E-state index is -3.87. The number of alkyl halides is 2. The van der Waals surface area contributed by atoms with Crippen molar-refractivity contribution in [3.8, 4) is 22.4 Å².